The summed E-state index contributed by atoms with van der Waals surface area (Å²) in [6.07, 6.45) is -0.990. The molecule has 1 aliphatic rings. The highest BCUT2D eigenvalue weighted by molar-refractivity contribution is 5.85. The highest BCUT2D eigenvalue weighted by Gasteiger charge is 2.46. The van der Waals surface area contributed by atoms with E-state index in [0.29, 0.717) is 0 Å². The third-order valence-electron chi connectivity index (χ3n) is 2.50. The molecular weight excluding hydrogens is 306 g/mol. The number of amides is 1. The van der Waals surface area contributed by atoms with Gasteiger partial charge < -0.3 is 14.8 Å². The van der Waals surface area contributed by atoms with Crippen molar-refractivity contribution in [2.24, 2.45) is 0 Å². The van der Waals surface area contributed by atoms with E-state index in [-0.39, 0.29) is 23.7 Å². The molecule has 1 aromatic carbocycles. The fraction of sp³-hybridized carbons (Fsp3) is 0.364. The average Bonchev–Trinajstić information content (AvgIpc) is 2.32. The second-order valence-electron chi connectivity index (χ2n) is 3.87. The number of benzene rings is 1. The van der Waals surface area contributed by atoms with E-state index < -0.39 is 31.3 Å². The third kappa shape index (κ3) is 3.66. The van der Waals surface area contributed by atoms with Gasteiger partial charge in [0.25, 0.3) is 0 Å². The number of carbonyl (C=O) groups excluding carboxylic acids is 1. The summed E-state index contributed by atoms with van der Waals surface area (Å²) < 4.78 is 59.6. The first-order valence-electron chi connectivity index (χ1n) is 5.24. The standard InChI is InChI=1S/C11H9F4NO3.ClH/c12-9(13)19-7-3-1-2-6(4-7)8-11(14,15)5-18-10(17)16-8;/h1-4,8-9H,5H2,(H,16,17);1H/t8-;/m1./s1. The molecule has 0 spiro atoms. The summed E-state index contributed by atoms with van der Waals surface area (Å²) in [4.78, 5) is 11.0. The molecule has 20 heavy (non-hydrogen) atoms. The van der Waals surface area contributed by atoms with Crippen LogP contribution in [0.15, 0.2) is 24.3 Å². The van der Waals surface area contributed by atoms with E-state index in [9.17, 15) is 22.4 Å². The number of alkyl carbamates (subject to hydrolysis) is 1. The molecule has 0 aliphatic carbocycles. The fourth-order valence-corrected chi connectivity index (χ4v) is 1.71. The van der Waals surface area contributed by atoms with Crippen molar-refractivity contribution in [3.05, 3.63) is 29.8 Å². The summed E-state index contributed by atoms with van der Waals surface area (Å²) >= 11 is 0. The maximum atomic E-state index is 13.6. The van der Waals surface area contributed by atoms with Gasteiger partial charge in [0, 0.05) is 0 Å². The quantitative estimate of drug-likeness (QED) is 0.872. The largest absolute Gasteiger partial charge is 0.443 e. The first kappa shape index (κ1) is 16.4. The van der Waals surface area contributed by atoms with Gasteiger partial charge in [0.1, 0.15) is 11.8 Å². The van der Waals surface area contributed by atoms with Crippen molar-refractivity contribution in [2.45, 2.75) is 18.6 Å². The monoisotopic (exact) mass is 315 g/mol. The molecule has 1 aliphatic heterocycles. The lowest BCUT2D eigenvalue weighted by atomic mass is 10.00. The number of hydrogen-bond acceptors (Lipinski definition) is 3. The Balaban J connectivity index is 0.00000200. The van der Waals surface area contributed by atoms with E-state index in [1.165, 1.54) is 18.2 Å². The van der Waals surface area contributed by atoms with Crippen LogP contribution in [0.25, 0.3) is 0 Å². The Kier molecular flexibility index (Phi) is 5.04. The number of nitrogens with one attached hydrogen (secondary N) is 1. The zero-order chi connectivity index (χ0) is 14.0. The van der Waals surface area contributed by atoms with Crippen molar-refractivity contribution in [3.8, 4) is 5.75 Å². The summed E-state index contributed by atoms with van der Waals surface area (Å²) in [6.45, 7) is -4.12. The number of alkyl halides is 4. The number of hydrogen-bond donors (Lipinski definition) is 1. The molecule has 0 unspecified atom stereocenters. The van der Waals surface area contributed by atoms with Gasteiger partial charge in [-0.3, -0.25) is 0 Å². The van der Waals surface area contributed by atoms with Gasteiger partial charge in [-0.1, -0.05) is 12.1 Å². The van der Waals surface area contributed by atoms with Gasteiger partial charge in [0.2, 0.25) is 0 Å². The van der Waals surface area contributed by atoms with Gasteiger partial charge >= 0.3 is 18.6 Å². The zero-order valence-corrected chi connectivity index (χ0v) is 10.6. The van der Waals surface area contributed by atoms with Crippen LogP contribution in [0.3, 0.4) is 0 Å². The normalized spacial score (nSPS) is 20.6. The topological polar surface area (TPSA) is 47.6 Å². The Morgan fingerprint density at radius 2 is 2.10 bits per heavy atom. The highest BCUT2D eigenvalue weighted by atomic mass is 35.5. The molecule has 9 heteroatoms. The highest BCUT2D eigenvalue weighted by Crippen LogP contribution is 2.35. The number of rotatable bonds is 3. The molecule has 2 rings (SSSR count). The van der Waals surface area contributed by atoms with Crippen LogP contribution in [-0.2, 0) is 4.74 Å². The summed E-state index contributed by atoms with van der Waals surface area (Å²) in [6, 6.07) is 3.15. The van der Waals surface area contributed by atoms with E-state index in [0.717, 1.165) is 6.07 Å². The molecule has 0 saturated carbocycles. The van der Waals surface area contributed by atoms with E-state index in [1.807, 2.05) is 5.32 Å². The van der Waals surface area contributed by atoms with Crippen molar-refractivity contribution in [2.75, 3.05) is 6.61 Å². The van der Waals surface area contributed by atoms with Crippen LogP contribution >= 0.6 is 12.4 Å². The molecule has 0 bridgehead atoms. The summed E-state index contributed by atoms with van der Waals surface area (Å²) in [5.41, 5.74) is -0.0419. The summed E-state index contributed by atoms with van der Waals surface area (Å²) in [5.74, 6) is -3.60. The van der Waals surface area contributed by atoms with E-state index in [4.69, 9.17) is 0 Å². The first-order chi connectivity index (χ1) is 8.88. The number of cyclic esters (lactones) is 1. The Bertz CT molecular complexity index is 486. The van der Waals surface area contributed by atoms with Crippen LogP contribution < -0.4 is 10.1 Å². The second kappa shape index (κ2) is 6.17. The molecule has 1 amide bonds. The number of ether oxygens (including phenoxy) is 2. The summed E-state index contributed by atoms with van der Waals surface area (Å²) in [7, 11) is 0. The van der Waals surface area contributed by atoms with Gasteiger partial charge in [0.15, 0.2) is 6.61 Å². The van der Waals surface area contributed by atoms with Gasteiger partial charge in [-0.25, -0.2) is 13.6 Å². The first-order valence-corrected chi connectivity index (χ1v) is 5.24. The van der Waals surface area contributed by atoms with Crippen molar-refractivity contribution < 1.29 is 31.8 Å². The molecule has 0 radical (unpaired) electrons. The van der Waals surface area contributed by atoms with E-state index >= 15 is 0 Å². The minimum Gasteiger partial charge on any atom is -0.443 e. The fourth-order valence-electron chi connectivity index (χ4n) is 1.71. The minimum absolute atomic E-state index is 0. The maximum Gasteiger partial charge on any atom is 0.408 e. The lowest BCUT2D eigenvalue weighted by molar-refractivity contribution is -0.104. The Hall–Kier alpha value is -1.70. The molecule has 1 saturated heterocycles. The predicted octanol–water partition coefficient (Wildman–Crippen LogP) is 3.13. The number of halogens is 5. The van der Waals surface area contributed by atoms with Gasteiger partial charge in [0.05, 0.1) is 0 Å². The van der Waals surface area contributed by atoms with E-state index in [2.05, 4.69) is 9.47 Å². The van der Waals surface area contributed by atoms with Crippen molar-refractivity contribution in [3.63, 3.8) is 0 Å². The van der Waals surface area contributed by atoms with Crippen LogP contribution in [0, 0.1) is 0 Å². The maximum absolute atomic E-state index is 13.6. The number of carbonyl (C=O) groups is 1. The average molecular weight is 316 g/mol. The molecule has 1 fully saturated rings. The summed E-state index contributed by atoms with van der Waals surface area (Å²) in [5, 5.41) is 1.95. The molecule has 1 aromatic rings. The van der Waals surface area contributed by atoms with Crippen molar-refractivity contribution >= 4 is 18.5 Å². The molecule has 4 nitrogen and oxygen atoms in total. The lowest BCUT2D eigenvalue weighted by Crippen LogP contribution is -2.49. The van der Waals surface area contributed by atoms with Crippen molar-refractivity contribution in [1.29, 1.82) is 0 Å². The Morgan fingerprint density at radius 1 is 1.40 bits per heavy atom. The van der Waals surface area contributed by atoms with Crippen LogP contribution in [0.5, 0.6) is 5.75 Å². The van der Waals surface area contributed by atoms with E-state index in [1.54, 1.807) is 0 Å². The smallest absolute Gasteiger partial charge is 0.408 e. The van der Waals surface area contributed by atoms with Gasteiger partial charge in [-0.2, -0.15) is 8.78 Å². The third-order valence-corrected chi connectivity index (χ3v) is 2.50. The molecule has 112 valence electrons. The lowest BCUT2D eigenvalue weighted by Gasteiger charge is -2.31. The Morgan fingerprint density at radius 3 is 2.75 bits per heavy atom. The molecule has 1 heterocycles. The van der Waals surface area contributed by atoms with Crippen LogP contribution in [0.1, 0.15) is 11.6 Å². The molecular formula is C11H10ClF4NO3. The zero-order valence-electron chi connectivity index (χ0n) is 9.82. The van der Waals surface area contributed by atoms with Crippen LogP contribution in [0.4, 0.5) is 22.4 Å². The Labute approximate surface area is 117 Å². The van der Waals surface area contributed by atoms with Crippen molar-refractivity contribution in [1.82, 2.24) is 5.32 Å². The second-order valence-corrected chi connectivity index (χ2v) is 3.87. The SMILES string of the molecule is Cl.O=C1N[C@H](c2cccc(OC(F)F)c2)C(F)(F)CO1. The minimum atomic E-state index is -3.34. The van der Waals surface area contributed by atoms with Gasteiger partial charge in [-0.15, -0.1) is 12.4 Å². The molecule has 0 aromatic heterocycles. The van der Waals surface area contributed by atoms with Gasteiger partial charge in [-0.05, 0) is 17.7 Å². The molecule has 1 atom stereocenters. The molecule has 1 N–H and O–H groups in total. The van der Waals surface area contributed by atoms with Crippen LogP contribution in [-0.4, -0.2) is 25.2 Å². The predicted molar refractivity (Wildman–Crippen MR) is 62.5 cm³/mol. The van der Waals surface area contributed by atoms with Crippen LogP contribution in [0.2, 0.25) is 0 Å².